The second-order valence-electron chi connectivity index (χ2n) is 2.04. The van der Waals surface area contributed by atoms with Crippen LogP contribution in [0.4, 0.5) is 0 Å². The average Bonchev–Trinajstić information content (AvgIpc) is 1.94. The van der Waals surface area contributed by atoms with Gasteiger partial charge in [-0.1, -0.05) is 17.7 Å². The first-order chi connectivity index (χ1) is 5.11. The molecule has 0 aliphatic rings. The third-order valence-corrected chi connectivity index (χ3v) is 1.57. The van der Waals surface area contributed by atoms with Crippen LogP contribution in [0.25, 0.3) is 0 Å². The highest BCUT2D eigenvalue weighted by Crippen LogP contribution is 2.16. The van der Waals surface area contributed by atoms with Gasteiger partial charge in [0, 0.05) is 11.9 Å². The molecule has 0 spiro atoms. The van der Waals surface area contributed by atoms with E-state index in [1.165, 1.54) is 18.2 Å². The van der Waals surface area contributed by atoms with Crippen molar-refractivity contribution in [1.82, 2.24) is 0 Å². The number of carboxylic acid groups (broad SMARTS) is 1. The summed E-state index contributed by atoms with van der Waals surface area (Å²) in [7, 11) is 0. The van der Waals surface area contributed by atoms with Gasteiger partial charge in [-0.2, -0.15) is 0 Å². The molecule has 11 heavy (non-hydrogen) atoms. The minimum Gasteiger partial charge on any atom is -0.478 e. The van der Waals surface area contributed by atoms with Gasteiger partial charge in [-0.05, 0) is 17.7 Å². The summed E-state index contributed by atoms with van der Waals surface area (Å²) in [5, 5.41) is 8.77. The lowest BCUT2D eigenvalue weighted by molar-refractivity contribution is 0.0697. The molecule has 0 saturated heterocycles. The highest BCUT2D eigenvalue weighted by Gasteiger charge is 2.03. The SMILES string of the molecule is [CH]c1ccc(C(=O)O)cc1Cl. The first-order valence-corrected chi connectivity index (χ1v) is 3.27. The summed E-state index contributed by atoms with van der Waals surface area (Å²) in [5.74, 6) is -1.01. The molecule has 0 atom stereocenters. The van der Waals surface area contributed by atoms with Gasteiger partial charge in [-0.25, -0.2) is 4.79 Å². The highest BCUT2D eigenvalue weighted by atomic mass is 35.5. The van der Waals surface area contributed by atoms with E-state index in [9.17, 15) is 4.79 Å². The maximum absolute atomic E-state index is 10.4. The van der Waals surface area contributed by atoms with Crippen LogP contribution in [0.3, 0.4) is 0 Å². The number of carboxylic acids is 1. The maximum atomic E-state index is 10.4. The van der Waals surface area contributed by atoms with Crippen molar-refractivity contribution in [3.63, 3.8) is 0 Å². The molecule has 0 amide bonds. The summed E-state index contributed by atoms with van der Waals surface area (Å²) in [5.41, 5.74) is 0.529. The number of benzene rings is 1. The Morgan fingerprint density at radius 1 is 1.55 bits per heavy atom. The van der Waals surface area contributed by atoms with Crippen LogP contribution >= 0.6 is 11.6 Å². The molecule has 0 saturated carbocycles. The molecule has 56 valence electrons. The quantitative estimate of drug-likeness (QED) is 0.697. The second kappa shape index (κ2) is 2.93. The third kappa shape index (κ3) is 1.71. The molecule has 0 aliphatic carbocycles. The Bertz CT molecular complexity index is 294. The zero-order valence-electron chi connectivity index (χ0n) is 5.54. The summed E-state index contributed by atoms with van der Waals surface area (Å²) in [6.07, 6.45) is 0. The molecule has 1 N–H and O–H groups in total. The third-order valence-electron chi connectivity index (χ3n) is 1.25. The Kier molecular flexibility index (Phi) is 2.15. The van der Waals surface area contributed by atoms with Crippen LogP contribution in [0.5, 0.6) is 0 Å². The van der Waals surface area contributed by atoms with Crippen molar-refractivity contribution < 1.29 is 9.90 Å². The van der Waals surface area contributed by atoms with E-state index in [4.69, 9.17) is 23.6 Å². The lowest BCUT2D eigenvalue weighted by atomic mass is 10.1. The van der Waals surface area contributed by atoms with Crippen LogP contribution in [0.15, 0.2) is 18.2 Å². The molecule has 0 fully saturated rings. The lowest BCUT2D eigenvalue weighted by Gasteiger charge is -1.97. The fourth-order valence-corrected chi connectivity index (χ4v) is 0.841. The second-order valence-corrected chi connectivity index (χ2v) is 2.45. The standard InChI is InChI=1S/C8H5ClO2/c1-5-2-3-6(8(10)11)4-7(5)9/h1-4H,(H,10,11). The van der Waals surface area contributed by atoms with Gasteiger partial charge in [-0.15, -0.1) is 0 Å². The summed E-state index contributed by atoms with van der Waals surface area (Å²) in [6.45, 7) is 5.36. The smallest absolute Gasteiger partial charge is 0.335 e. The van der Waals surface area contributed by atoms with Crippen molar-refractivity contribution in [2.75, 3.05) is 0 Å². The fourth-order valence-electron chi connectivity index (χ4n) is 0.660. The predicted molar refractivity (Wildman–Crippen MR) is 41.8 cm³/mol. The minimum absolute atomic E-state index is 0.143. The van der Waals surface area contributed by atoms with E-state index in [-0.39, 0.29) is 10.6 Å². The summed E-state index contributed by atoms with van der Waals surface area (Å²) in [6, 6.07) is 4.19. The van der Waals surface area contributed by atoms with Crippen molar-refractivity contribution in [3.8, 4) is 0 Å². The molecular formula is C8H5ClO2. The normalized spacial score (nSPS) is 9.64. The summed E-state index contributed by atoms with van der Waals surface area (Å²) < 4.78 is 0. The van der Waals surface area contributed by atoms with Crippen LogP contribution in [0.1, 0.15) is 15.9 Å². The fraction of sp³-hybridized carbons (Fsp3) is 0. The minimum atomic E-state index is -1.01. The highest BCUT2D eigenvalue weighted by molar-refractivity contribution is 6.31. The van der Waals surface area contributed by atoms with Gasteiger partial charge < -0.3 is 5.11 Å². The molecule has 0 bridgehead atoms. The molecule has 1 aromatic rings. The number of hydrogen-bond donors (Lipinski definition) is 1. The van der Waals surface area contributed by atoms with Crippen LogP contribution in [-0.2, 0) is 0 Å². The van der Waals surface area contributed by atoms with Crippen LogP contribution in [0, 0.1) is 6.92 Å². The van der Waals surface area contributed by atoms with Gasteiger partial charge >= 0.3 is 5.97 Å². The van der Waals surface area contributed by atoms with E-state index in [1.807, 2.05) is 0 Å². The first-order valence-electron chi connectivity index (χ1n) is 2.89. The van der Waals surface area contributed by atoms with E-state index in [0.29, 0.717) is 5.56 Å². The van der Waals surface area contributed by atoms with E-state index >= 15 is 0 Å². The van der Waals surface area contributed by atoms with Crippen LogP contribution in [0.2, 0.25) is 5.02 Å². The van der Waals surface area contributed by atoms with Gasteiger partial charge in [0.15, 0.2) is 0 Å². The van der Waals surface area contributed by atoms with Crippen molar-refractivity contribution in [2.45, 2.75) is 0 Å². The first kappa shape index (κ1) is 8.08. The molecule has 1 aromatic carbocycles. The van der Waals surface area contributed by atoms with Crippen LogP contribution in [-0.4, -0.2) is 11.1 Å². The van der Waals surface area contributed by atoms with Crippen molar-refractivity contribution in [3.05, 3.63) is 41.3 Å². The zero-order valence-corrected chi connectivity index (χ0v) is 6.30. The number of hydrogen-bond acceptors (Lipinski definition) is 1. The van der Waals surface area contributed by atoms with Crippen LogP contribution < -0.4 is 0 Å². The Morgan fingerprint density at radius 3 is 2.64 bits per heavy atom. The molecule has 2 radical (unpaired) electrons. The Hall–Kier alpha value is -1.02. The van der Waals surface area contributed by atoms with Gasteiger partial charge in [-0.3, -0.25) is 0 Å². The van der Waals surface area contributed by atoms with E-state index in [0.717, 1.165) is 0 Å². The number of halogens is 1. The van der Waals surface area contributed by atoms with Crippen molar-refractivity contribution in [1.29, 1.82) is 0 Å². The predicted octanol–water partition coefficient (Wildman–Crippen LogP) is 2.10. The van der Waals surface area contributed by atoms with E-state index in [1.54, 1.807) is 0 Å². The average molecular weight is 169 g/mol. The molecule has 2 nitrogen and oxygen atoms in total. The van der Waals surface area contributed by atoms with E-state index < -0.39 is 5.97 Å². The lowest BCUT2D eigenvalue weighted by Crippen LogP contribution is -1.95. The molecule has 0 unspecified atom stereocenters. The number of aromatic carboxylic acids is 1. The van der Waals surface area contributed by atoms with E-state index in [2.05, 4.69) is 0 Å². The Balaban J connectivity index is 3.15. The molecule has 3 heteroatoms. The maximum Gasteiger partial charge on any atom is 0.335 e. The molecular weight excluding hydrogens is 164 g/mol. The number of carbonyl (C=O) groups is 1. The van der Waals surface area contributed by atoms with Gasteiger partial charge in [0.2, 0.25) is 0 Å². The molecule has 0 aliphatic heterocycles. The zero-order chi connectivity index (χ0) is 8.43. The van der Waals surface area contributed by atoms with Gasteiger partial charge in [0.1, 0.15) is 0 Å². The monoisotopic (exact) mass is 168 g/mol. The molecule has 1 rings (SSSR count). The molecule has 0 heterocycles. The summed E-state index contributed by atoms with van der Waals surface area (Å²) >= 11 is 5.57. The van der Waals surface area contributed by atoms with Crippen molar-refractivity contribution >= 4 is 17.6 Å². The summed E-state index contributed by atoms with van der Waals surface area (Å²) in [4.78, 5) is 10.4. The number of rotatable bonds is 1. The Morgan fingerprint density at radius 2 is 2.18 bits per heavy atom. The van der Waals surface area contributed by atoms with Gasteiger partial charge in [0.25, 0.3) is 0 Å². The topological polar surface area (TPSA) is 37.3 Å². The largest absolute Gasteiger partial charge is 0.478 e. The molecule has 0 aromatic heterocycles. The Labute approximate surface area is 69.4 Å². The van der Waals surface area contributed by atoms with Gasteiger partial charge in [0.05, 0.1) is 5.56 Å². The van der Waals surface area contributed by atoms with Crippen molar-refractivity contribution in [2.24, 2.45) is 0 Å².